The van der Waals surface area contributed by atoms with Crippen molar-refractivity contribution in [2.24, 2.45) is 11.7 Å². The van der Waals surface area contributed by atoms with Gasteiger partial charge in [-0.05, 0) is 37.0 Å². The predicted octanol–water partition coefficient (Wildman–Crippen LogP) is 1.21. The first-order valence-electron chi connectivity index (χ1n) is 5.48. The Morgan fingerprint density at radius 1 is 1.50 bits per heavy atom. The molecule has 1 saturated carbocycles. The first kappa shape index (κ1) is 10.8. The lowest BCUT2D eigenvalue weighted by Gasteiger charge is -2.21. The van der Waals surface area contributed by atoms with E-state index in [1.165, 1.54) is 12.8 Å². The van der Waals surface area contributed by atoms with Gasteiger partial charge in [0.1, 0.15) is 0 Å². The van der Waals surface area contributed by atoms with Crippen LogP contribution in [0.2, 0.25) is 0 Å². The van der Waals surface area contributed by atoms with E-state index in [4.69, 9.17) is 11.5 Å². The minimum absolute atomic E-state index is 0.416. The highest BCUT2D eigenvalue weighted by Crippen LogP contribution is 2.32. The number of nitrogen functional groups attached to an aromatic ring is 1. The molecule has 1 aromatic rings. The van der Waals surface area contributed by atoms with Crippen LogP contribution in [-0.4, -0.2) is 19.5 Å². The summed E-state index contributed by atoms with van der Waals surface area (Å²) in [5.74, 6) is 0.364. The van der Waals surface area contributed by atoms with Crippen molar-refractivity contribution in [2.45, 2.75) is 12.8 Å². The second kappa shape index (κ2) is 4.04. The maximum atomic E-state index is 11.1. The molecule has 1 fully saturated rings. The smallest absolute Gasteiger partial charge is 0.248 e. The van der Waals surface area contributed by atoms with Gasteiger partial charge in [0.15, 0.2) is 0 Å². The number of hydrogen-bond donors (Lipinski definition) is 2. The van der Waals surface area contributed by atoms with Gasteiger partial charge < -0.3 is 16.4 Å². The molecule has 0 unspecified atom stereocenters. The molecular weight excluding hydrogens is 202 g/mol. The number of carbonyl (C=O) groups is 1. The molecule has 0 aliphatic heterocycles. The van der Waals surface area contributed by atoms with E-state index in [1.54, 1.807) is 18.2 Å². The quantitative estimate of drug-likeness (QED) is 0.748. The fourth-order valence-electron chi connectivity index (χ4n) is 1.81. The molecule has 1 aliphatic rings. The Labute approximate surface area is 95.2 Å². The fourth-order valence-corrected chi connectivity index (χ4v) is 1.81. The summed E-state index contributed by atoms with van der Waals surface area (Å²) in [6.07, 6.45) is 2.58. The standard InChI is InChI=1S/C12H17N3O/c1-15(7-8-2-3-8)11-6-9(12(14)16)4-5-10(11)13/h4-6,8H,2-3,7,13H2,1H3,(H2,14,16). The SMILES string of the molecule is CN(CC1CC1)c1cc(C(N)=O)ccc1N. The Balaban J connectivity index is 2.22. The average molecular weight is 219 g/mol. The molecule has 2 rings (SSSR count). The van der Waals surface area contributed by atoms with E-state index in [-0.39, 0.29) is 0 Å². The number of nitrogens with zero attached hydrogens (tertiary/aromatic N) is 1. The minimum Gasteiger partial charge on any atom is -0.397 e. The average Bonchev–Trinajstić information content (AvgIpc) is 3.01. The summed E-state index contributed by atoms with van der Waals surface area (Å²) < 4.78 is 0. The molecule has 4 heteroatoms. The molecule has 1 aromatic carbocycles. The number of rotatable bonds is 4. The number of hydrogen-bond acceptors (Lipinski definition) is 3. The van der Waals surface area contributed by atoms with E-state index in [0.717, 1.165) is 18.2 Å². The molecule has 1 aliphatic carbocycles. The van der Waals surface area contributed by atoms with Gasteiger partial charge in [0, 0.05) is 19.2 Å². The number of benzene rings is 1. The number of anilines is 2. The van der Waals surface area contributed by atoms with Crippen molar-refractivity contribution in [3.05, 3.63) is 23.8 Å². The van der Waals surface area contributed by atoms with E-state index < -0.39 is 5.91 Å². The molecule has 0 atom stereocenters. The summed E-state index contributed by atoms with van der Waals surface area (Å²) >= 11 is 0. The Morgan fingerprint density at radius 3 is 2.75 bits per heavy atom. The van der Waals surface area contributed by atoms with Gasteiger partial charge in [0.05, 0.1) is 11.4 Å². The molecule has 0 radical (unpaired) electrons. The molecule has 0 aromatic heterocycles. The maximum Gasteiger partial charge on any atom is 0.248 e. The number of carbonyl (C=O) groups excluding carboxylic acids is 1. The minimum atomic E-state index is -0.416. The summed E-state index contributed by atoms with van der Waals surface area (Å²) in [7, 11) is 1.99. The fraction of sp³-hybridized carbons (Fsp3) is 0.417. The van der Waals surface area contributed by atoms with E-state index in [2.05, 4.69) is 4.90 Å². The van der Waals surface area contributed by atoms with Crippen LogP contribution in [-0.2, 0) is 0 Å². The summed E-state index contributed by atoms with van der Waals surface area (Å²) in [6.45, 7) is 0.992. The zero-order chi connectivity index (χ0) is 11.7. The molecule has 0 heterocycles. The summed E-state index contributed by atoms with van der Waals surface area (Å²) in [5.41, 5.74) is 13.2. The third-order valence-electron chi connectivity index (χ3n) is 2.96. The van der Waals surface area contributed by atoms with Crippen molar-refractivity contribution in [3.63, 3.8) is 0 Å². The third-order valence-corrected chi connectivity index (χ3v) is 2.96. The second-order valence-corrected chi connectivity index (χ2v) is 4.46. The highest BCUT2D eigenvalue weighted by atomic mass is 16.1. The van der Waals surface area contributed by atoms with Crippen LogP contribution in [0.3, 0.4) is 0 Å². The first-order chi connectivity index (χ1) is 7.58. The van der Waals surface area contributed by atoms with E-state index in [0.29, 0.717) is 11.3 Å². The van der Waals surface area contributed by atoms with Gasteiger partial charge in [0.2, 0.25) is 5.91 Å². The monoisotopic (exact) mass is 219 g/mol. The van der Waals surface area contributed by atoms with Crippen LogP contribution in [0.15, 0.2) is 18.2 Å². The lowest BCUT2D eigenvalue weighted by Crippen LogP contribution is -2.22. The van der Waals surface area contributed by atoms with Gasteiger partial charge in [-0.15, -0.1) is 0 Å². The Hall–Kier alpha value is -1.71. The third kappa shape index (κ3) is 2.27. The van der Waals surface area contributed by atoms with Crippen LogP contribution < -0.4 is 16.4 Å². The Bertz CT molecular complexity index is 413. The summed E-state index contributed by atoms with van der Waals surface area (Å²) in [4.78, 5) is 13.2. The van der Waals surface area contributed by atoms with Crippen molar-refractivity contribution >= 4 is 17.3 Å². The van der Waals surface area contributed by atoms with Crippen molar-refractivity contribution in [1.82, 2.24) is 0 Å². The molecule has 86 valence electrons. The largest absolute Gasteiger partial charge is 0.397 e. The van der Waals surface area contributed by atoms with Gasteiger partial charge in [-0.3, -0.25) is 4.79 Å². The van der Waals surface area contributed by atoms with Crippen molar-refractivity contribution in [3.8, 4) is 0 Å². The van der Waals surface area contributed by atoms with E-state index >= 15 is 0 Å². The number of nitrogens with two attached hydrogens (primary N) is 2. The highest BCUT2D eigenvalue weighted by Gasteiger charge is 2.23. The topological polar surface area (TPSA) is 72.3 Å². The van der Waals surface area contributed by atoms with Crippen LogP contribution >= 0.6 is 0 Å². The van der Waals surface area contributed by atoms with Crippen LogP contribution in [0.25, 0.3) is 0 Å². The lowest BCUT2D eigenvalue weighted by molar-refractivity contribution is 0.100. The van der Waals surface area contributed by atoms with Gasteiger partial charge in [-0.25, -0.2) is 0 Å². The lowest BCUT2D eigenvalue weighted by atomic mass is 10.1. The van der Waals surface area contributed by atoms with Crippen LogP contribution in [0.1, 0.15) is 23.2 Å². The van der Waals surface area contributed by atoms with Crippen molar-refractivity contribution in [2.75, 3.05) is 24.2 Å². The van der Waals surface area contributed by atoms with Crippen molar-refractivity contribution < 1.29 is 4.79 Å². The predicted molar refractivity (Wildman–Crippen MR) is 65.4 cm³/mol. The van der Waals surface area contributed by atoms with Gasteiger partial charge in [-0.1, -0.05) is 0 Å². The van der Waals surface area contributed by atoms with Gasteiger partial charge >= 0.3 is 0 Å². The molecular formula is C12H17N3O. The van der Waals surface area contributed by atoms with E-state index in [1.807, 2.05) is 7.05 Å². The first-order valence-corrected chi connectivity index (χ1v) is 5.48. The molecule has 4 nitrogen and oxygen atoms in total. The Kier molecular flexibility index (Phi) is 2.73. The normalized spacial score (nSPS) is 14.8. The van der Waals surface area contributed by atoms with Crippen LogP contribution in [0, 0.1) is 5.92 Å². The maximum absolute atomic E-state index is 11.1. The second-order valence-electron chi connectivity index (χ2n) is 4.46. The molecule has 0 saturated heterocycles. The van der Waals surface area contributed by atoms with Crippen molar-refractivity contribution in [1.29, 1.82) is 0 Å². The molecule has 4 N–H and O–H groups in total. The van der Waals surface area contributed by atoms with Gasteiger partial charge in [-0.2, -0.15) is 0 Å². The molecule has 0 spiro atoms. The molecule has 0 bridgehead atoms. The van der Waals surface area contributed by atoms with Crippen LogP contribution in [0.4, 0.5) is 11.4 Å². The van der Waals surface area contributed by atoms with Crippen LogP contribution in [0.5, 0.6) is 0 Å². The van der Waals surface area contributed by atoms with E-state index in [9.17, 15) is 4.79 Å². The molecule has 16 heavy (non-hydrogen) atoms. The summed E-state index contributed by atoms with van der Waals surface area (Å²) in [6, 6.07) is 5.16. The highest BCUT2D eigenvalue weighted by molar-refractivity contribution is 5.95. The summed E-state index contributed by atoms with van der Waals surface area (Å²) in [5, 5.41) is 0. The zero-order valence-corrected chi connectivity index (χ0v) is 9.44. The van der Waals surface area contributed by atoms with Gasteiger partial charge in [0.25, 0.3) is 0 Å². The Morgan fingerprint density at radius 2 is 2.19 bits per heavy atom. The zero-order valence-electron chi connectivity index (χ0n) is 9.44. The number of primary amides is 1. The molecule has 1 amide bonds. The number of amides is 1.